The monoisotopic (exact) mass is 316 g/mol. The van der Waals surface area contributed by atoms with Crippen molar-refractivity contribution in [2.75, 3.05) is 0 Å². The molecule has 3 aliphatic carbocycles. The van der Waals surface area contributed by atoms with E-state index in [1.165, 1.54) is 11.1 Å². The Hall–Kier alpha value is -1.15. The minimum Gasteiger partial charge on any atom is -0.289 e. The van der Waals surface area contributed by atoms with Crippen LogP contribution in [-0.2, 0) is 4.79 Å². The van der Waals surface area contributed by atoms with Crippen molar-refractivity contribution >= 4 is 21.7 Å². The van der Waals surface area contributed by atoms with Crippen molar-refractivity contribution in [1.29, 1.82) is 0 Å². The minimum atomic E-state index is 0.243. The van der Waals surface area contributed by atoms with E-state index in [-0.39, 0.29) is 5.78 Å². The topological polar surface area (TPSA) is 17.1 Å². The molecule has 0 radical (unpaired) electrons. The third kappa shape index (κ3) is 2.74. The number of hydrogen-bond acceptors (Lipinski definition) is 1. The Morgan fingerprint density at radius 3 is 2.79 bits per heavy atom. The van der Waals surface area contributed by atoms with Crippen molar-refractivity contribution in [3.63, 3.8) is 0 Å². The molecule has 0 bridgehead atoms. The number of allylic oxidation sites excluding steroid dienone is 10. The lowest BCUT2D eigenvalue weighted by Gasteiger charge is -2.22. The summed E-state index contributed by atoms with van der Waals surface area (Å²) in [5, 5.41) is 0. The van der Waals surface area contributed by atoms with E-state index < -0.39 is 0 Å². The lowest BCUT2D eigenvalue weighted by molar-refractivity contribution is -0.112. The number of halogens is 1. The lowest BCUT2D eigenvalue weighted by atomic mass is 9.81. The standard InChI is InChI=1S/C17H17BrO/c18-15-9-5-12(6-10-15)11-14-8-7-13-3-1-2-4-16(13)17(14)19/h3-6,9,11,15H,1-2,7-8,10H2/b14-11+. The van der Waals surface area contributed by atoms with Crippen molar-refractivity contribution in [3.05, 3.63) is 58.7 Å². The van der Waals surface area contributed by atoms with Crippen molar-refractivity contribution < 1.29 is 4.79 Å². The van der Waals surface area contributed by atoms with Gasteiger partial charge in [0.1, 0.15) is 0 Å². The zero-order valence-corrected chi connectivity index (χ0v) is 12.4. The van der Waals surface area contributed by atoms with E-state index in [9.17, 15) is 4.79 Å². The van der Waals surface area contributed by atoms with E-state index in [4.69, 9.17) is 0 Å². The average Bonchev–Trinajstić information content (AvgIpc) is 2.45. The van der Waals surface area contributed by atoms with E-state index >= 15 is 0 Å². The van der Waals surface area contributed by atoms with Gasteiger partial charge in [0.15, 0.2) is 5.78 Å². The molecule has 0 aromatic rings. The highest BCUT2D eigenvalue weighted by molar-refractivity contribution is 9.09. The summed E-state index contributed by atoms with van der Waals surface area (Å²) in [5.74, 6) is 0.243. The molecule has 1 saturated carbocycles. The first-order valence-electron chi connectivity index (χ1n) is 6.91. The van der Waals surface area contributed by atoms with Gasteiger partial charge in [0.05, 0.1) is 0 Å². The van der Waals surface area contributed by atoms with Gasteiger partial charge in [-0.3, -0.25) is 4.79 Å². The molecule has 1 nitrogen and oxygen atoms in total. The van der Waals surface area contributed by atoms with Gasteiger partial charge >= 0.3 is 0 Å². The van der Waals surface area contributed by atoms with Gasteiger partial charge in [-0.1, -0.05) is 46.3 Å². The van der Waals surface area contributed by atoms with Crippen LogP contribution in [0.5, 0.6) is 0 Å². The predicted octanol–water partition coefficient (Wildman–Crippen LogP) is 4.57. The van der Waals surface area contributed by atoms with Crippen LogP contribution < -0.4 is 0 Å². The maximum atomic E-state index is 12.5. The van der Waals surface area contributed by atoms with Crippen molar-refractivity contribution in [2.24, 2.45) is 0 Å². The first kappa shape index (κ1) is 12.9. The van der Waals surface area contributed by atoms with Crippen molar-refractivity contribution in [1.82, 2.24) is 0 Å². The molecule has 0 spiro atoms. The fraction of sp³-hybridized carbons (Fsp3) is 0.353. The average molecular weight is 317 g/mol. The molecule has 1 unspecified atom stereocenters. The normalized spacial score (nSPS) is 28.7. The molecule has 0 saturated heterocycles. The summed E-state index contributed by atoms with van der Waals surface area (Å²) in [4.78, 5) is 12.9. The van der Waals surface area contributed by atoms with Gasteiger partial charge in [-0.15, -0.1) is 0 Å². The van der Waals surface area contributed by atoms with Crippen LogP contribution in [0.25, 0.3) is 0 Å². The number of Topliss-reactive ketones (excluding diaryl/α,β-unsaturated/α-hetero) is 1. The van der Waals surface area contributed by atoms with Crippen LogP contribution in [0.15, 0.2) is 58.7 Å². The Kier molecular flexibility index (Phi) is 3.69. The van der Waals surface area contributed by atoms with Gasteiger partial charge in [0.25, 0.3) is 0 Å². The molecule has 0 aliphatic heterocycles. The SMILES string of the molecule is O=C1C2=CCCC=C2CC/C1=C\C1=CCC(Br)C=C1. The molecule has 0 aromatic carbocycles. The number of carbonyl (C=O) groups is 1. The maximum Gasteiger partial charge on any atom is 0.188 e. The van der Waals surface area contributed by atoms with Gasteiger partial charge in [0.2, 0.25) is 0 Å². The number of carbonyl (C=O) groups excluding carboxylic acids is 1. The molecular weight excluding hydrogens is 300 g/mol. The molecule has 98 valence electrons. The summed E-state index contributed by atoms with van der Waals surface area (Å²) in [5.41, 5.74) is 4.36. The van der Waals surface area contributed by atoms with Crippen LogP contribution in [-0.4, -0.2) is 10.6 Å². The summed E-state index contributed by atoms with van der Waals surface area (Å²) in [7, 11) is 0. The summed E-state index contributed by atoms with van der Waals surface area (Å²) in [6.45, 7) is 0. The van der Waals surface area contributed by atoms with Crippen LogP contribution >= 0.6 is 15.9 Å². The fourth-order valence-electron chi connectivity index (χ4n) is 2.81. The maximum absolute atomic E-state index is 12.5. The van der Waals surface area contributed by atoms with Crippen LogP contribution in [0.4, 0.5) is 0 Å². The molecular formula is C17H17BrO. The van der Waals surface area contributed by atoms with Crippen LogP contribution in [0.1, 0.15) is 32.1 Å². The molecule has 2 heteroatoms. The lowest BCUT2D eigenvalue weighted by Crippen LogP contribution is -2.16. The van der Waals surface area contributed by atoms with Gasteiger partial charge < -0.3 is 0 Å². The molecule has 0 aromatic heterocycles. The molecule has 3 aliphatic rings. The molecule has 0 N–H and O–H groups in total. The highest BCUT2D eigenvalue weighted by Crippen LogP contribution is 2.34. The Morgan fingerprint density at radius 1 is 1.16 bits per heavy atom. The zero-order valence-electron chi connectivity index (χ0n) is 10.9. The van der Waals surface area contributed by atoms with Crippen LogP contribution in [0, 0.1) is 0 Å². The highest BCUT2D eigenvalue weighted by atomic mass is 79.9. The smallest absolute Gasteiger partial charge is 0.188 e. The molecule has 19 heavy (non-hydrogen) atoms. The van der Waals surface area contributed by atoms with E-state index in [0.29, 0.717) is 4.83 Å². The summed E-state index contributed by atoms with van der Waals surface area (Å²) in [6, 6.07) is 0. The van der Waals surface area contributed by atoms with E-state index in [1.54, 1.807) is 0 Å². The second-order valence-electron chi connectivity index (χ2n) is 5.24. The number of rotatable bonds is 1. The molecule has 1 fully saturated rings. The highest BCUT2D eigenvalue weighted by Gasteiger charge is 2.25. The summed E-state index contributed by atoms with van der Waals surface area (Å²) >= 11 is 3.56. The number of fused-ring (bicyclic) bond motifs is 1. The largest absolute Gasteiger partial charge is 0.289 e. The number of hydrogen-bond donors (Lipinski definition) is 0. The fourth-order valence-corrected chi connectivity index (χ4v) is 3.15. The number of alkyl halides is 1. The van der Waals surface area contributed by atoms with Crippen LogP contribution in [0.3, 0.4) is 0 Å². The number of ketones is 1. The first-order chi connectivity index (χ1) is 9.24. The second-order valence-corrected chi connectivity index (χ2v) is 6.41. The third-order valence-corrected chi connectivity index (χ3v) is 4.55. The van der Waals surface area contributed by atoms with Gasteiger partial charge in [0, 0.05) is 16.0 Å². The zero-order chi connectivity index (χ0) is 13.2. The summed E-state index contributed by atoms with van der Waals surface area (Å²) in [6.07, 6.45) is 17.9. The van der Waals surface area contributed by atoms with Crippen molar-refractivity contribution in [3.8, 4) is 0 Å². The Labute approximate surface area is 122 Å². The second kappa shape index (κ2) is 5.46. The van der Waals surface area contributed by atoms with Gasteiger partial charge in [-0.05, 0) is 49.3 Å². The van der Waals surface area contributed by atoms with Gasteiger partial charge in [-0.2, -0.15) is 0 Å². The van der Waals surface area contributed by atoms with E-state index in [2.05, 4.69) is 52.4 Å². The van der Waals surface area contributed by atoms with E-state index in [0.717, 1.165) is 43.3 Å². The molecule has 0 heterocycles. The molecule has 0 amide bonds. The minimum absolute atomic E-state index is 0.243. The Balaban J connectivity index is 1.83. The summed E-state index contributed by atoms with van der Waals surface area (Å²) < 4.78 is 0. The third-order valence-electron chi connectivity index (χ3n) is 3.87. The van der Waals surface area contributed by atoms with Gasteiger partial charge in [-0.25, -0.2) is 0 Å². The van der Waals surface area contributed by atoms with Crippen LogP contribution in [0.2, 0.25) is 0 Å². The first-order valence-corrected chi connectivity index (χ1v) is 7.83. The van der Waals surface area contributed by atoms with E-state index in [1.807, 2.05) is 0 Å². The molecule has 3 rings (SSSR count). The Morgan fingerprint density at radius 2 is 2.00 bits per heavy atom. The quantitative estimate of drug-likeness (QED) is 0.511. The Bertz CT molecular complexity index is 558. The predicted molar refractivity (Wildman–Crippen MR) is 82.3 cm³/mol. The molecule has 1 atom stereocenters. The van der Waals surface area contributed by atoms with Crippen molar-refractivity contribution in [2.45, 2.75) is 36.9 Å².